The van der Waals surface area contributed by atoms with Crippen LogP contribution in [0.4, 0.5) is 0 Å². The summed E-state index contributed by atoms with van der Waals surface area (Å²) in [4.78, 5) is 11.9. The van der Waals surface area contributed by atoms with E-state index in [2.05, 4.69) is 5.32 Å². The molecule has 0 saturated heterocycles. The number of ether oxygens (including phenoxy) is 1. The fourth-order valence-electron chi connectivity index (χ4n) is 1.66. The van der Waals surface area contributed by atoms with Gasteiger partial charge in [-0.25, -0.2) is 0 Å². The summed E-state index contributed by atoms with van der Waals surface area (Å²) in [5.74, 6) is 1.28. The van der Waals surface area contributed by atoms with E-state index >= 15 is 0 Å². The molecular weight excluding hydrogens is 242 g/mol. The van der Waals surface area contributed by atoms with Crippen LogP contribution in [0.1, 0.15) is 18.2 Å². The first kappa shape index (κ1) is 13.2. The molecule has 1 N–H and O–H groups in total. The molecule has 1 heterocycles. The highest BCUT2D eigenvalue weighted by Gasteiger charge is 2.15. The van der Waals surface area contributed by atoms with Gasteiger partial charge in [-0.2, -0.15) is 0 Å². The fraction of sp³-hybridized carbons (Fsp3) is 0.267. The lowest BCUT2D eigenvalue weighted by molar-refractivity contribution is -0.127. The largest absolute Gasteiger partial charge is 0.481 e. The van der Waals surface area contributed by atoms with Crippen molar-refractivity contribution in [3.05, 3.63) is 54.0 Å². The average molecular weight is 259 g/mol. The molecule has 0 spiro atoms. The van der Waals surface area contributed by atoms with Crippen LogP contribution in [-0.2, 0) is 11.3 Å². The van der Waals surface area contributed by atoms with Crippen molar-refractivity contribution in [2.45, 2.75) is 26.5 Å². The zero-order chi connectivity index (χ0) is 13.7. The van der Waals surface area contributed by atoms with Crippen molar-refractivity contribution in [1.82, 2.24) is 5.32 Å². The van der Waals surface area contributed by atoms with Crippen LogP contribution in [0, 0.1) is 6.92 Å². The van der Waals surface area contributed by atoms with E-state index in [0.717, 1.165) is 17.1 Å². The maximum absolute atomic E-state index is 11.9. The number of amides is 1. The average Bonchev–Trinajstić information content (AvgIpc) is 2.91. The molecule has 100 valence electrons. The van der Waals surface area contributed by atoms with E-state index in [1.54, 1.807) is 19.3 Å². The predicted molar refractivity (Wildman–Crippen MR) is 71.8 cm³/mol. The number of rotatable bonds is 5. The molecule has 0 unspecified atom stereocenters. The minimum absolute atomic E-state index is 0.167. The summed E-state index contributed by atoms with van der Waals surface area (Å²) in [7, 11) is 0. The van der Waals surface area contributed by atoms with Crippen molar-refractivity contribution >= 4 is 5.91 Å². The lowest BCUT2D eigenvalue weighted by Gasteiger charge is -2.15. The number of carbonyl (C=O) groups excluding carboxylic acids is 1. The number of furan rings is 1. The van der Waals surface area contributed by atoms with E-state index in [1.165, 1.54) is 0 Å². The molecule has 0 aliphatic rings. The van der Waals surface area contributed by atoms with E-state index in [4.69, 9.17) is 9.15 Å². The minimum atomic E-state index is -0.545. The molecule has 19 heavy (non-hydrogen) atoms. The highest BCUT2D eigenvalue weighted by atomic mass is 16.5. The second kappa shape index (κ2) is 6.09. The van der Waals surface area contributed by atoms with Gasteiger partial charge in [0.25, 0.3) is 5.91 Å². The molecule has 2 aromatic rings. The van der Waals surface area contributed by atoms with Crippen LogP contribution in [0.3, 0.4) is 0 Å². The maximum Gasteiger partial charge on any atom is 0.261 e. The summed E-state index contributed by atoms with van der Waals surface area (Å²) < 4.78 is 10.8. The molecule has 4 nitrogen and oxygen atoms in total. The molecule has 0 radical (unpaired) electrons. The number of aryl methyl sites for hydroxylation is 1. The topological polar surface area (TPSA) is 51.5 Å². The van der Waals surface area contributed by atoms with Crippen LogP contribution in [0.2, 0.25) is 0 Å². The van der Waals surface area contributed by atoms with Crippen LogP contribution in [-0.4, -0.2) is 12.0 Å². The fourth-order valence-corrected chi connectivity index (χ4v) is 1.66. The SMILES string of the molecule is Cc1ccccc1O[C@H](C)C(=O)NCc1ccco1. The summed E-state index contributed by atoms with van der Waals surface area (Å²) >= 11 is 0. The van der Waals surface area contributed by atoms with Gasteiger partial charge in [-0.1, -0.05) is 18.2 Å². The zero-order valence-electron chi connectivity index (χ0n) is 11.1. The van der Waals surface area contributed by atoms with Gasteiger partial charge in [-0.05, 0) is 37.6 Å². The monoisotopic (exact) mass is 259 g/mol. The summed E-state index contributed by atoms with van der Waals surface area (Å²) in [5.41, 5.74) is 1.01. The number of hydrogen-bond donors (Lipinski definition) is 1. The van der Waals surface area contributed by atoms with Gasteiger partial charge in [0, 0.05) is 0 Å². The van der Waals surface area contributed by atoms with Crippen LogP contribution < -0.4 is 10.1 Å². The van der Waals surface area contributed by atoms with E-state index in [0.29, 0.717) is 6.54 Å². The third-order valence-electron chi connectivity index (χ3n) is 2.78. The second-order valence-corrected chi connectivity index (χ2v) is 4.32. The Morgan fingerprint density at radius 1 is 1.32 bits per heavy atom. The van der Waals surface area contributed by atoms with Gasteiger partial charge >= 0.3 is 0 Å². The molecule has 0 saturated carbocycles. The van der Waals surface area contributed by atoms with Gasteiger partial charge < -0.3 is 14.5 Å². The molecule has 2 rings (SSSR count). The third-order valence-corrected chi connectivity index (χ3v) is 2.78. The van der Waals surface area contributed by atoms with Gasteiger partial charge in [0.1, 0.15) is 11.5 Å². The first-order valence-electron chi connectivity index (χ1n) is 6.19. The van der Waals surface area contributed by atoms with Gasteiger partial charge in [0.05, 0.1) is 12.8 Å². The number of benzene rings is 1. The van der Waals surface area contributed by atoms with Gasteiger partial charge in [0.15, 0.2) is 6.10 Å². The number of nitrogens with one attached hydrogen (secondary N) is 1. The molecule has 1 aromatic heterocycles. The van der Waals surface area contributed by atoms with Crippen molar-refractivity contribution in [3.63, 3.8) is 0 Å². The summed E-state index contributed by atoms with van der Waals surface area (Å²) in [6.45, 7) is 4.04. The second-order valence-electron chi connectivity index (χ2n) is 4.32. The smallest absolute Gasteiger partial charge is 0.261 e. The third kappa shape index (κ3) is 3.61. The Kier molecular flexibility index (Phi) is 4.23. The maximum atomic E-state index is 11.9. The molecule has 0 fully saturated rings. The van der Waals surface area contributed by atoms with Crippen LogP contribution >= 0.6 is 0 Å². The lowest BCUT2D eigenvalue weighted by Crippen LogP contribution is -2.35. The Hall–Kier alpha value is -2.23. The Labute approximate surface area is 112 Å². The van der Waals surface area contributed by atoms with Gasteiger partial charge in [-0.15, -0.1) is 0 Å². The van der Waals surface area contributed by atoms with E-state index in [-0.39, 0.29) is 5.91 Å². The van der Waals surface area contributed by atoms with Crippen LogP contribution in [0.15, 0.2) is 47.1 Å². The number of carbonyl (C=O) groups is 1. The summed E-state index contributed by atoms with van der Waals surface area (Å²) in [5, 5.41) is 2.77. The Bertz CT molecular complexity index is 534. The Morgan fingerprint density at radius 3 is 2.79 bits per heavy atom. The summed E-state index contributed by atoms with van der Waals surface area (Å²) in [6.07, 6.45) is 1.03. The van der Waals surface area contributed by atoms with Crippen LogP contribution in [0.5, 0.6) is 5.75 Å². The highest BCUT2D eigenvalue weighted by Crippen LogP contribution is 2.17. The summed E-state index contributed by atoms with van der Waals surface area (Å²) in [6, 6.07) is 11.2. The molecule has 0 bridgehead atoms. The van der Waals surface area contributed by atoms with Crippen LogP contribution in [0.25, 0.3) is 0 Å². The Balaban J connectivity index is 1.87. The molecule has 1 atom stereocenters. The van der Waals surface area contributed by atoms with Crippen molar-refractivity contribution < 1.29 is 13.9 Å². The van der Waals surface area contributed by atoms with Crippen molar-refractivity contribution in [3.8, 4) is 5.75 Å². The van der Waals surface area contributed by atoms with Gasteiger partial charge in [0.2, 0.25) is 0 Å². The molecule has 1 amide bonds. The van der Waals surface area contributed by atoms with E-state index in [9.17, 15) is 4.79 Å². The quantitative estimate of drug-likeness (QED) is 0.898. The van der Waals surface area contributed by atoms with Gasteiger partial charge in [-0.3, -0.25) is 4.79 Å². The van der Waals surface area contributed by atoms with Crippen molar-refractivity contribution in [1.29, 1.82) is 0 Å². The number of para-hydroxylation sites is 1. The Morgan fingerprint density at radius 2 is 2.11 bits per heavy atom. The van der Waals surface area contributed by atoms with E-state index < -0.39 is 6.10 Å². The molecule has 4 heteroatoms. The lowest BCUT2D eigenvalue weighted by atomic mass is 10.2. The number of hydrogen-bond acceptors (Lipinski definition) is 3. The zero-order valence-corrected chi connectivity index (χ0v) is 11.1. The molecule has 0 aliphatic heterocycles. The highest BCUT2D eigenvalue weighted by molar-refractivity contribution is 5.80. The molecule has 0 aliphatic carbocycles. The normalized spacial score (nSPS) is 11.9. The molecular formula is C15H17NO3. The predicted octanol–water partition coefficient (Wildman–Crippen LogP) is 2.67. The van der Waals surface area contributed by atoms with Crippen molar-refractivity contribution in [2.24, 2.45) is 0 Å². The molecule has 1 aromatic carbocycles. The van der Waals surface area contributed by atoms with E-state index in [1.807, 2.05) is 37.3 Å². The first-order chi connectivity index (χ1) is 9.16. The standard InChI is InChI=1S/C15H17NO3/c1-11-6-3-4-8-14(11)19-12(2)15(17)16-10-13-7-5-9-18-13/h3-9,12H,10H2,1-2H3,(H,16,17)/t12-/m1/s1. The van der Waals surface area contributed by atoms with Crippen molar-refractivity contribution in [2.75, 3.05) is 0 Å². The first-order valence-corrected chi connectivity index (χ1v) is 6.19. The minimum Gasteiger partial charge on any atom is -0.481 e.